The fourth-order valence-electron chi connectivity index (χ4n) is 1.28. The zero-order chi connectivity index (χ0) is 12.8. The molecule has 0 atom stereocenters. The van der Waals surface area contributed by atoms with Gasteiger partial charge >= 0.3 is 5.97 Å². The van der Waals surface area contributed by atoms with Crippen LogP contribution in [0.3, 0.4) is 0 Å². The van der Waals surface area contributed by atoms with Crippen LogP contribution in [0.1, 0.15) is 29.6 Å². The molecule has 0 saturated carbocycles. The van der Waals surface area contributed by atoms with Crippen molar-refractivity contribution in [3.05, 3.63) is 35.6 Å². The molecule has 0 bridgehead atoms. The van der Waals surface area contributed by atoms with Crippen molar-refractivity contribution in [3.63, 3.8) is 0 Å². The van der Waals surface area contributed by atoms with Gasteiger partial charge in [-0.25, -0.2) is 4.39 Å². The minimum absolute atomic E-state index is 0.109. The molecule has 90 valence electrons. The van der Waals surface area contributed by atoms with Crippen LogP contribution in [-0.2, 0) is 9.59 Å². The third-order valence-corrected chi connectivity index (χ3v) is 2.15. The Morgan fingerprint density at radius 3 is 2.18 bits per heavy atom. The number of carboxylic acid groups (broad SMARTS) is 1. The van der Waals surface area contributed by atoms with Crippen LogP contribution in [0.5, 0.6) is 0 Å². The largest absolute Gasteiger partial charge is 0.481 e. The summed E-state index contributed by atoms with van der Waals surface area (Å²) in [6.07, 6.45) is -0.133. The van der Waals surface area contributed by atoms with Gasteiger partial charge in [0, 0.05) is 18.4 Å². The van der Waals surface area contributed by atoms with E-state index in [2.05, 4.69) is 0 Å². The second-order valence-corrected chi connectivity index (χ2v) is 3.51. The molecule has 1 aromatic carbocycles. The number of aliphatic carboxylic acids is 1. The van der Waals surface area contributed by atoms with Crippen molar-refractivity contribution in [2.75, 3.05) is 0 Å². The van der Waals surface area contributed by atoms with E-state index in [0.29, 0.717) is 0 Å². The van der Waals surface area contributed by atoms with Gasteiger partial charge in [0.25, 0.3) is 0 Å². The maximum absolute atomic E-state index is 12.6. The van der Waals surface area contributed by atoms with Crippen molar-refractivity contribution in [1.82, 2.24) is 0 Å². The fraction of sp³-hybridized carbons (Fsp3) is 0.250. The minimum atomic E-state index is -1.01. The molecule has 0 saturated heterocycles. The van der Waals surface area contributed by atoms with Crippen LogP contribution >= 0.6 is 0 Å². The average Bonchev–Trinajstić information content (AvgIpc) is 2.28. The highest BCUT2D eigenvalue weighted by molar-refractivity contribution is 6.43. The highest BCUT2D eigenvalue weighted by Gasteiger charge is 2.16. The molecule has 0 aliphatic rings. The summed E-state index contributed by atoms with van der Waals surface area (Å²) >= 11 is 0. The second kappa shape index (κ2) is 5.89. The third kappa shape index (κ3) is 4.14. The monoisotopic (exact) mass is 238 g/mol. The molecule has 0 aromatic heterocycles. The number of rotatable bonds is 6. The Kier molecular flexibility index (Phi) is 4.51. The SMILES string of the molecule is O=C(O)CCCC(=O)C(=O)c1ccc(F)cc1. The predicted molar refractivity (Wildman–Crippen MR) is 57.2 cm³/mol. The average molecular weight is 238 g/mol. The van der Waals surface area contributed by atoms with Gasteiger partial charge in [-0.2, -0.15) is 0 Å². The molecule has 4 nitrogen and oxygen atoms in total. The molecule has 5 heteroatoms. The van der Waals surface area contributed by atoms with Crippen molar-refractivity contribution in [2.45, 2.75) is 19.3 Å². The van der Waals surface area contributed by atoms with Crippen LogP contribution in [0.4, 0.5) is 4.39 Å². The van der Waals surface area contributed by atoms with Crippen molar-refractivity contribution in [3.8, 4) is 0 Å². The van der Waals surface area contributed by atoms with E-state index < -0.39 is 23.4 Å². The van der Waals surface area contributed by atoms with E-state index in [1.165, 1.54) is 12.1 Å². The van der Waals surface area contributed by atoms with Crippen LogP contribution in [-0.4, -0.2) is 22.6 Å². The second-order valence-electron chi connectivity index (χ2n) is 3.51. The van der Waals surface area contributed by atoms with E-state index in [4.69, 9.17) is 5.11 Å². The van der Waals surface area contributed by atoms with Gasteiger partial charge in [0.15, 0.2) is 0 Å². The van der Waals surface area contributed by atoms with Crippen molar-refractivity contribution in [1.29, 1.82) is 0 Å². The number of carbonyl (C=O) groups excluding carboxylic acids is 2. The topological polar surface area (TPSA) is 71.4 Å². The summed E-state index contributed by atoms with van der Waals surface area (Å²) in [6, 6.07) is 4.65. The Bertz CT molecular complexity index is 436. The van der Waals surface area contributed by atoms with Gasteiger partial charge < -0.3 is 5.11 Å². The van der Waals surface area contributed by atoms with Gasteiger partial charge in [-0.1, -0.05) is 0 Å². The summed E-state index contributed by atoms with van der Waals surface area (Å²) < 4.78 is 12.6. The van der Waals surface area contributed by atoms with Gasteiger partial charge in [-0.3, -0.25) is 14.4 Å². The Morgan fingerprint density at radius 2 is 1.65 bits per heavy atom. The molecule has 1 aromatic rings. The molecule has 0 spiro atoms. The van der Waals surface area contributed by atoms with E-state index in [-0.39, 0.29) is 24.8 Å². The Hall–Kier alpha value is -2.04. The van der Waals surface area contributed by atoms with E-state index in [1.807, 2.05) is 0 Å². The molecule has 1 rings (SSSR count). The van der Waals surface area contributed by atoms with Gasteiger partial charge in [-0.15, -0.1) is 0 Å². The highest BCUT2D eigenvalue weighted by Crippen LogP contribution is 2.07. The zero-order valence-corrected chi connectivity index (χ0v) is 8.98. The summed E-state index contributed by atoms with van der Waals surface area (Å²) in [5.74, 6) is -2.86. The summed E-state index contributed by atoms with van der Waals surface area (Å²) in [4.78, 5) is 33.1. The third-order valence-electron chi connectivity index (χ3n) is 2.15. The smallest absolute Gasteiger partial charge is 0.303 e. The quantitative estimate of drug-likeness (QED) is 0.606. The Morgan fingerprint density at radius 1 is 1.06 bits per heavy atom. The van der Waals surface area contributed by atoms with Crippen molar-refractivity contribution in [2.24, 2.45) is 0 Å². The lowest BCUT2D eigenvalue weighted by Crippen LogP contribution is -2.14. The van der Waals surface area contributed by atoms with Crippen molar-refractivity contribution >= 4 is 17.5 Å². The molecule has 0 unspecified atom stereocenters. The van der Waals surface area contributed by atoms with Crippen LogP contribution in [0, 0.1) is 5.82 Å². The first-order valence-corrected chi connectivity index (χ1v) is 5.05. The fourth-order valence-corrected chi connectivity index (χ4v) is 1.28. The predicted octanol–water partition coefficient (Wildman–Crippen LogP) is 1.83. The first-order valence-electron chi connectivity index (χ1n) is 5.05. The van der Waals surface area contributed by atoms with E-state index in [9.17, 15) is 18.8 Å². The molecule has 1 N–H and O–H groups in total. The van der Waals surface area contributed by atoms with Gasteiger partial charge in [0.1, 0.15) is 5.82 Å². The summed E-state index contributed by atoms with van der Waals surface area (Å²) in [7, 11) is 0. The van der Waals surface area contributed by atoms with Crippen molar-refractivity contribution < 1.29 is 23.9 Å². The lowest BCUT2D eigenvalue weighted by atomic mass is 10.0. The standard InChI is InChI=1S/C12H11FO4/c13-9-6-4-8(5-7-9)12(17)10(14)2-1-3-11(15)16/h4-7H,1-3H2,(H,15,16). The van der Waals surface area contributed by atoms with Crippen LogP contribution < -0.4 is 0 Å². The molecule has 0 radical (unpaired) electrons. The van der Waals surface area contributed by atoms with Crippen LogP contribution in [0.25, 0.3) is 0 Å². The lowest BCUT2D eigenvalue weighted by Gasteiger charge is -1.99. The van der Waals surface area contributed by atoms with Crippen LogP contribution in [0.15, 0.2) is 24.3 Å². The van der Waals surface area contributed by atoms with Crippen LogP contribution in [0.2, 0.25) is 0 Å². The summed E-state index contributed by atoms with van der Waals surface area (Å²) in [5.41, 5.74) is 0.117. The molecule has 0 amide bonds. The van der Waals surface area contributed by atoms with E-state index >= 15 is 0 Å². The number of hydrogen-bond donors (Lipinski definition) is 1. The van der Waals surface area contributed by atoms with Gasteiger partial charge in [0.2, 0.25) is 11.6 Å². The first-order chi connectivity index (χ1) is 8.00. The number of hydrogen-bond acceptors (Lipinski definition) is 3. The molecule has 0 fully saturated rings. The zero-order valence-electron chi connectivity index (χ0n) is 8.98. The number of carbonyl (C=O) groups is 3. The van der Waals surface area contributed by atoms with Gasteiger partial charge in [-0.05, 0) is 30.7 Å². The summed E-state index contributed by atoms with van der Waals surface area (Å²) in [5, 5.41) is 8.37. The molecule has 17 heavy (non-hydrogen) atoms. The molecule has 0 aliphatic carbocycles. The first kappa shape index (κ1) is 13.0. The maximum atomic E-state index is 12.6. The number of benzene rings is 1. The highest BCUT2D eigenvalue weighted by atomic mass is 19.1. The lowest BCUT2D eigenvalue weighted by molar-refractivity contribution is -0.137. The minimum Gasteiger partial charge on any atom is -0.481 e. The Labute approximate surface area is 97.1 Å². The summed E-state index contributed by atoms with van der Waals surface area (Å²) in [6.45, 7) is 0. The number of Topliss-reactive ketones (excluding diaryl/α,β-unsaturated/α-hetero) is 2. The molecule has 0 aliphatic heterocycles. The number of halogens is 1. The normalized spacial score (nSPS) is 9.94. The molecular formula is C12H11FO4. The van der Waals surface area contributed by atoms with E-state index in [1.54, 1.807) is 0 Å². The number of carboxylic acids is 1. The van der Waals surface area contributed by atoms with Gasteiger partial charge in [0.05, 0.1) is 0 Å². The Balaban J connectivity index is 2.55. The molecular weight excluding hydrogens is 227 g/mol. The van der Waals surface area contributed by atoms with E-state index in [0.717, 1.165) is 12.1 Å². The molecule has 0 heterocycles. The maximum Gasteiger partial charge on any atom is 0.303 e. The number of ketones is 2.